The van der Waals surface area contributed by atoms with Crippen molar-refractivity contribution in [2.24, 2.45) is 5.41 Å². The van der Waals surface area contributed by atoms with Crippen LogP contribution in [-0.2, 0) is 6.54 Å². The first-order valence-corrected chi connectivity index (χ1v) is 7.48. The zero-order valence-corrected chi connectivity index (χ0v) is 12.8. The minimum absolute atomic E-state index is 0.195. The van der Waals surface area contributed by atoms with Gasteiger partial charge in [-0.05, 0) is 61.3 Å². The molecule has 1 aromatic rings. The van der Waals surface area contributed by atoms with Gasteiger partial charge < -0.3 is 10.4 Å². The second-order valence-corrected chi connectivity index (χ2v) is 7.06. The Labute approximate surface area is 121 Å². The maximum atomic E-state index is 13.0. The number of rotatable bonds is 4. The normalized spacial score (nSPS) is 20.9. The summed E-state index contributed by atoms with van der Waals surface area (Å²) in [5, 5.41) is 13.9. The van der Waals surface area contributed by atoms with Crippen LogP contribution in [0.5, 0.6) is 0 Å². The van der Waals surface area contributed by atoms with Gasteiger partial charge in [0.15, 0.2) is 0 Å². The molecule has 0 spiro atoms. The SMILES string of the molecule is Cc1cc(F)ccc1CNCC1(O)CCC(C)(C)CC1. The number of aliphatic hydroxyl groups is 1. The Morgan fingerprint density at radius 2 is 1.85 bits per heavy atom. The summed E-state index contributed by atoms with van der Waals surface area (Å²) in [6.45, 7) is 7.74. The van der Waals surface area contributed by atoms with Crippen LogP contribution in [0.25, 0.3) is 0 Å². The topological polar surface area (TPSA) is 32.3 Å². The molecule has 0 saturated heterocycles. The van der Waals surface area contributed by atoms with Gasteiger partial charge in [-0.25, -0.2) is 4.39 Å². The number of halogens is 1. The van der Waals surface area contributed by atoms with Gasteiger partial charge in [-0.15, -0.1) is 0 Å². The molecule has 1 aromatic carbocycles. The summed E-state index contributed by atoms with van der Waals surface area (Å²) in [6.07, 6.45) is 3.85. The Hall–Kier alpha value is -0.930. The van der Waals surface area contributed by atoms with E-state index in [0.29, 0.717) is 18.5 Å². The predicted octanol–water partition coefficient (Wildman–Crippen LogP) is 3.56. The van der Waals surface area contributed by atoms with Gasteiger partial charge in [-0.1, -0.05) is 19.9 Å². The van der Waals surface area contributed by atoms with Gasteiger partial charge in [-0.3, -0.25) is 0 Å². The summed E-state index contributed by atoms with van der Waals surface area (Å²) in [6, 6.07) is 4.85. The third-order valence-corrected chi connectivity index (χ3v) is 4.61. The number of hydrogen-bond donors (Lipinski definition) is 2. The third-order valence-electron chi connectivity index (χ3n) is 4.61. The molecule has 3 heteroatoms. The molecule has 20 heavy (non-hydrogen) atoms. The average molecular weight is 279 g/mol. The van der Waals surface area contributed by atoms with Gasteiger partial charge in [0.2, 0.25) is 0 Å². The Morgan fingerprint density at radius 3 is 2.45 bits per heavy atom. The quantitative estimate of drug-likeness (QED) is 0.883. The van der Waals surface area contributed by atoms with Crippen molar-refractivity contribution >= 4 is 0 Å². The van der Waals surface area contributed by atoms with E-state index in [-0.39, 0.29) is 5.82 Å². The summed E-state index contributed by atoms with van der Waals surface area (Å²) in [5.74, 6) is -0.195. The molecule has 0 unspecified atom stereocenters. The van der Waals surface area contributed by atoms with Crippen molar-refractivity contribution in [2.45, 2.75) is 58.6 Å². The van der Waals surface area contributed by atoms with E-state index in [1.807, 2.05) is 13.0 Å². The number of hydrogen-bond acceptors (Lipinski definition) is 2. The van der Waals surface area contributed by atoms with E-state index in [2.05, 4.69) is 19.2 Å². The molecule has 0 bridgehead atoms. The van der Waals surface area contributed by atoms with Gasteiger partial charge in [0.25, 0.3) is 0 Å². The standard InChI is InChI=1S/C17H26FNO/c1-13-10-15(18)5-4-14(13)11-19-12-17(20)8-6-16(2,3)7-9-17/h4-5,10,19-20H,6-9,11-12H2,1-3H3. The molecule has 2 nitrogen and oxygen atoms in total. The van der Waals surface area contributed by atoms with Crippen molar-refractivity contribution in [3.63, 3.8) is 0 Å². The van der Waals surface area contributed by atoms with Crippen LogP contribution in [0.15, 0.2) is 18.2 Å². The van der Waals surface area contributed by atoms with E-state index in [0.717, 1.165) is 36.8 Å². The van der Waals surface area contributed by atoms with Crippen LogP contribution >= 0.6 is 0 Å². The molecule has 0 radical (unpaired) electrons. The number of benzene rings is 1. The highest BCUT2D eigenvalue weighted by atomic mass is 19.1. The minimum atomic E-state index is -0.580. The molecule has 1 fully saturated rings. The van der Waals surface area contributed by atoms with Gasteiger partial charge in [0.1, 0.15) is 5.82 Å². The van der Waals surface area contributed by atoms with E-state index >= 15 is 0 Å². The molecule has 0 aliphatic heterocycles. The van der Waals surface area contributed by atoms with E-state index in [1.54, 1.807) is 6.07 Å². The van der Waals surface area contributed by atoms with Crippen LogP contribution < -0.4 is 5.32 Å². The smallest absolute Gasteiger partial charge is 0.123 e. The summed E-state index contributed by atoms with van der Waals surface area (Å²) in [5.41, 5.74) is 1.82. The van der Waals surface area contributed by atoms with E-state index in [1.165, 1.54) is 6.07 Å². The van der Waals surface area contributed by atoms with E-state index < -0.39 is 5.60 Å². The van der Waals surface area contributed by atoms with E-state index in [9.17, 15) is 9.50 Å². The highest BCUT2D eigenvalue weighted by Gasteiger charge is 2.36. The van der Waals surface area contributed by atoms with Crippen molar-refractivity contribution in [1.29, 1.82) is 0 Å². The molecule has 0 amide bonds. The fraction of sp³-hybridized carbons (Fsp3) is 0.647. The summed E-state index contributed by atoms with van der Waals surface area (Å²) in [7, 11) is 0. The molecular weight excluding hydrogens is 253 g/mol. The molecule has 2 rings (SSSR count). The van der Waals surface area contributed by atoms with Crippen LogP contribution in [0.1, 0.15) is 50.7 Å². The van der Waals surface area contributed by atoms with E-state index in [4.69, 9.17) is 0 Å². The molecular formula is C17H26FNO. The molecule has 0 atom stereocenters. The first-order valence-electron chi connectivity index (χ1n) is 7.48. The van der Waals surface area contributed by atoms with Crippen molar-refractivity contribution in [2.75, 3.05) is 6.54 Å². The third kappa shape index (κ3) is 4.03. The molecule has 112 valence electrons. The Balaban J connectivity index is 1.84. The Morgan fingerprint density at radius 1 is 1.20 bits per heavy atom. The van der Waals surface area contributed by atoms with Crippen LogP contribution in [0.4, 0.5) is 4.39 Å². The van der Waals surface area contributed by atoms with Crippen molar-refractivity contribution in [3.05, 3.63) is 35.1 Å². The lowest BCUT2D eigenvalue weighted by Gasteiger charge is -2.40. The van der Waals surface area contributed by atoms with Crippen LogP contribution in [0, 0.1) is 18.2 Å². The minimum Gasteiger partial charge on any atom is -0.389 e. The summed E-state index contributed by atoms with van der Waals surface area (Å²) < 4.78 is 13.0. The molecule has 0 aromatic heterocycles. The van der Waals surface area contributed by atoms with Crippen molar-refractivity contribution in [1.82, 2.24) is 5.32 Å². The van der Waals surface area contributed by atoms with Crippen LogP contribution in [-0.4, -0.2) is 17.3 Å². The van der Waals surface area contributed by atoms with Gasteiger partial charge in [0, 0.05) is 13.1 Å². The van der Waals surface area contributed by atoms with Crippen LogP contribution in [0.2, 0.25) is 0 Å². The van der Waals surface area contributed by atoms with Crippen molar-refractivity contribution < 1.29 is 9.50 Å². The molecule has 1 saturated carbocycles. The second kappa shape index (κ2) is 5.82. The highest BCUT2D eigenvalue weighted by molar-refractivity contribution is 5.26. The lowest BCUT2D eigenvalue weighted by Crippen LogP contribution is -2.44. The number of nitrogens with one attached hydrogen (secondary N) is 1. The first kappa shape index (κ1) is 15.5. The fourth-order valence-corrected chi connectivity index (χ4v) is 2.86. The zero-order chi connectivity index (χ0) is 14.8. The average Bonchev–Trinajstić information content (AvgIpc) is 2.37. The fourth-order valence-electron chi connectivity index (χ4n) is 2.86. The maximum Gasteiger partial charge on any atom is 0.123 e. The van der Waals surface area contributed by atoms with Crippen LogP contribution in [0.3, 0.4) is 0 Å². The lowest BCUT2D eigenvalue weighted by molar-refractivity contribution is -0.0245. The first-order chi connectivity index (χ1) is 9.30. The molecule has 1 aliphatic carbocycles. The molecule has 0 heterocycles. The summed E-state index contributed by atoms with van der Waals surface area (Å²) in [4.78, 5) is 0. The second-order valence-electron chi connectivity index (χ2n) is 7.06. The molecule has 2 N–H and O–H groups in total. The Bertz CT molecular complexity index is 460. The predicted molar refractivity (Wildman–Crippen MR) is 80.0 cm³/mol. The zero-order valence-electron chi connectivity index (χ0n) is 12.8. The largest absolute Gasteiger partial charge is 0.389 e. The molecule has 1 aliphatic rings. The highest BCUT2D eigenvalue weighted by Crippen LogP contribution is 2.39. The number of aryl methyl sites for hydroxylation is 1. The van der Waals surface area contributed by atoms with Gasteiger partial charge in [0.05, 0.1) is 5.60 Å². The monoisotopic (exact) mass is 279 g/mol. The Kier molecular flexibility index (Phi) is 4.50. The van der Waals surface area contributed by atoms with Gasteiger partial charge in [-0.2, -0.15) is 0 Å². The lowest BCUT2D eigenvalue weighted by atomic mass is 9.71. The van der Waals surface area contributed by atoms with Crippen molar-refractivity contribution in [3.8, 4) is 0 Å². The maximum absolute atomic E-state index is 13.0. The summed E-state index contributed by atoms with van der Waals surface area (Å²) >= 11 is 0. The van der Waals surface area contributed by atoms with Gasteiger partial charge >= 0.3 is 0 Å².